The van der Waals surface area contributed by atoms with Gasteiger partial charge in [-0.3, -0.25) is 10.0 Å². The third kappa shape index (κ3) is 3.00. The molecular formula is C15H22N4O2. The van der Waals surface area contributed by atoms with Crippen molar-refractivity contribution >= 4 is 11.9 Å². The van der Waals surface area contributed by atoms with Gasteiger partial charge in [-0.15, -0.1) is 0 Å². The van der Waals surface area contributed by atoms with E-state index in [-0.39, 0.29) is 11.1 Å². The van der Waals surface area contributed by atoms with Gasteiger partial charge in [-0.05, 0) is 37.5 Å². The maximum atomic E-state index is 11.3. The molecule has 0 spiro atoms. The molecule has 2 fully saturated rings. The van der Waals surface area contributed by atoms with Gasteiger partial charge in [0.2, 0.25) is 5.95 Å². The Morgan fingerprint density at radius 3 is 2.86 bits per heavy atom. The van der Waals surface area contributed by atoms with Crippen LogP contribution < -0.4 is 10.8 Å². The van der Waals surface area contributed by atoms with Gasteiger partial charge in [0.15, 0.2) is 0 Å². The summed E-state index contributed by atoms with van der Waals surface area (Å²) in [6.07, 6.45) is 10.3. The number of hydrogen-bond acceptors (Lipinski definition) is 5. The van der Waals surface area contributed by atoms with Gasteiger partial charge in [-0.25, -0.2) is 15.4 Å². The molecule has 2 saturated carbocycles. The molecule has 3 atom stereocenters. The summed E-state index contributed by atoms with van der Waals surface area (Å²) in [4.78, 5) is 19.7. The van der Waals surface area contributed by atoms with Crippen molar-refractivity contribution < 1.29 is 10.0 Å². The molecule has 2 bridgehead atoms. The minimum Gasteiger partial charge on any atom is -0.349 e. The molecule has 2 aliphatic rings. The van der Waals surface area contributed by atoms with Crippen molar-refractivity contribution in [3.05, 3.63) is 18.0 Å². The first kappa shape index (κ1) is 14.3. The fourth-order valence-electron chi connectivity index (χ4n) is 4.17. The second kappa shape index (κ2) is 5.60. The van der Waals surface area contributed by atoms with Crippen molar-refractivity contribution in [2.75, 3.05) is 5.32 Å². The molecule has 0 aromatic carbocycles. The second-order valence-electron chi connectivity index (χ2n) is 6.65. The Bertz CT molecular complexity index is 515. The first-order chi connectivity index (χ1) is 10.1. The summed E-state index contributed by atoms with van der Waals surface area (Å²) < 4.78 is 0. The fraction of sp³-hybridized carbons (Fsp3) is 0.667. The van der Waals surface area contributed by atoms with Crippen LogP contribution in [0.15, 0.2) is 12.4 Å². The topological polar surface area (TPSA) is 87.1 Å². The Kier molecular flexibility index (Phi) is 3.80. The number of anilines is 1. The summed E-state index contributed by atoms with van der Waals surface area (Å²) in [6.45, 7) is 2.32. The zero-order chi connectivity index (χ0) is 14.9. The second-order valence-corrected chi connectivity index (χ2v) is 6.65. The summed E-state index contributed by atoms with van der Waals surface area (Å²) in [6, 6.07) is 0. The Morgan fingerprint density at radius 2 is 2.14 bits per heavy atom. The average Bonchev–Trinajstić information content (AvgIpc) is 2.46. The summed E-state index contributed by atoms with van der Waals surface area (Å²) in [7, 11) is 0. The minimum absolute atomic E-state index is 0.112. The van der Waals surface area contributed by atoms with Gasteiger partial charge in [-0.1, -0.05) is 19.8 Å². The summed E-state index contributed by atoms with van der Waals surface area (Å²) >= 11 is 0. The third-order valence-electron chi connectivity index (χ3n) is 4.81. The van der Waals surface area contributed by atoms with Gasteiger partial charge in [0, 0.05) is 17.9 Å². The normalized spacial score (nSPS) is 31.5. The predicted molar refractivity (Wildman–Crippen MR) is 78.0 cm³/mol. The Hall–Kier alpha value is -1.69. The fourth-order valence-corrected chi connectivity index (χ4v) is 4.17. The van der Waals surface area contributed by atoms with Crippen LogP contribution >= 0.6 is 0 Å². The lowest BCUT2D eigenvalue weighted by Crippen LogP contribution is -2.48. The van der Waals surface area contributed by atoms with Crippen molar-refractivity contribution in [1.82, 2.24) is 15.4 Å². The number of aromatic nitrogens is 2. The third-order valence-corrected chi connectivity index (χ3v) is 4.81. The van der Waals surface area contributed by atoms with Crippen LogP contribution in [-0.4, -0.2) is 26.6 Å². The summed E-state index contributed by atoms with van der Waals surface area (Å²) in [5.74, 6) is 1.52. The molecule has 6 nitrogen and oxygen atoms in total. The number of fused-ring (bicyclic) bond motifs is 2. The van der Waals surface area contributed by atoms with Crippen LogP contribution in [0.2, 0.25) is 0 Å². The van der Waals surface area contributed by atoms with E-state index in [9.17, 15) is 4.79 Å². The van der Waals surface area contributed by atoms with E-state index >= 15 is 0 Å². The van der Waals surface area contributed by atoms with Crippen LogP contribution in [0.4, 0.5) is 5.95 Å². The highest BCUT2D eigenvalue weighted by Crippen LogP contribution is 2.46. The molecule has 21 heavy (non-hydrogen) atoms. The van der Waals surface area contributed by atoms with Crippen LogP contribution in [0.3, 0.4) is 0 Å². The van der Waals surface area contributed by atoms with Crippen molar-refractivity contribution in [2.45, 2.75) is 51.0 Å². The lowest BCUT2D eigenvalue weighted by Gasteiger charge is -2.48. The maximum absolute atomic E-state index is 11.3. The molecule has 3 unspecified atom stereocenters. The number of hydrogen-bond donors (Lipinski definition) is 3. The van der Waals surface area contributed by atoms with E-state index in [1.165, 1.54) is 38.1 Å². The average molecular weight is 290 g/mol. The summed E-state index contributed by atoms with van der Waals surface area (Å²) in [5, 5.41) is 12.1. The standard InChI is InChI=1S/C15H22N4O2/c1-10-5-11-3-2-4-15(6-10,7-11)18-14-16-8-12(9-17-14)13(20)19-21/h8-11,21H,2-7H2,1H3,(H,19,20)(H,16,17,18). The zero-order valence-electron chi connectivity index (χ0n) is 12.3. The molecule has 1 heterocycles. The molecule has 114 valence electrons. The molecular weight excluding hydrogens is 268 g/mol. The van der Waals surface area contributed by atoms with Gasteiger partial charge in [0.05, 0.1) is 5.56 Å². The van der Waals surface area contributed by atoms with Crippen LogP contribution in [-0.2, 0) is 0 Å². The van der Waals surface area contributed by atoms with E-state index < -0.39 is 5.91 Å². The number of carbonyl (C=O) groups is 1. The number of carbonyl (C=O) groups excluding carboxylic acids is 1. The largest absolute Gasteiger partial charge is 0.349 e. The highest BCUT2D eigenvalue weighted by atomic mass is 16.5. The molecule has 1 aromatic heterocycles. The molecule has 2 aliphatic carbocycles. The maximum Gasteiger partial charge on any atom is 0.277 e. The van der Waals surface area contributed by atoms with Crippen LogP contribution in [0, 0.1) is 11.8 Å². The molecule has 3 rings (SSSR count). The lowest BCUT2D eigenvalue weighted by molar-refractivity contribution is 0.0705. The molecule has 0 radical (unpaired) electrons. The van der Waals surface area contributed by atoms with Crippen LogP contribution in [0.5, 0.6) is 0 Å². The predicted octanol–water partition coefficient (Wildman–Crippen LogP) is 2.37. The SMILES string of the molecule is CC1CC2CCCC(Nc3ncc(C(=O)NO)cn3)(C1)C2. The lowest BCUT2D eigenvalue weighted by atomic mass is 9.64. The van der Waals surface area contributed by atoms with Crippen LogP contribution in [0.1, 0.15) is 55.8 Å². The number of hydroxylamine groups is 1. The molecule has 0 aliphatic heterocycles. The zero-order valence-corrected chi connectivity index (χ0v) is 12.3. The first-order valence-electron chi connectivity index (χ1n) is 7.65. The van der Waals surface area contributed by atoms with Crippen molar-refractivity contribution in [2.24, 2.45) is 11.8 Å². The molecule has 6 heteroatoms. The van der Waals surface area contributed by atoms with Gasteiger partial charge < -0.3 is 5.32 Å². The van der Waals surface area contributed by atoms with Crippen molar-refractivity contribution in [3.63, 3.8) is 0 Å². The Balaban J connectivity index is 1.74. The van der Waals surface area contributed by atoms with Crippen molar-refractivity contribution in [3.8, 4) is 0 Å². The van der Waals surface area contributed by atoms with E-state index in [0.29, 0.717) is 5.95 Å². The Morgan fingerprint density at radius 1 is 1.38 bits per heavy atom. The molecule has 0 saturated heterocycles. The highest BCUT2D eigenvalue weighted by molar-refractivity contribution is 5.92. The number of nitrogens with one attached hydrogen (secondary N) is 2. The highest BCUT2D eigenvalue weighted by Gasteiger charge is 2.42. The summed E-state index contributed by atoms with van der Waals surface area (Å²) in [5.41, 5.74) is 1.94. The number of nitrogens with zero attached hydrogens (tertiary/aromatic N) is 2. The van der Waals surface area contributed by atoms with E-state index in [0.717, 1.165) is 24.7 Å². The first-order valence-corrected chi connectivity index (χ1v) is 7.65. The van der Waals surface area contributed by atoms with E-state index in [1.807, 2.05) is 0 Å². The van der Waals surface area contributed by atoms with Gasteiger partial charge in [0.25, 0.3) is 5.91 Å². The number of rotatable bonds is 3. The Labute approximate surface area is 124 Å². The van der Waals surface area contributed by atoms with Crippen molar-refractivity contribution in [1.29, 1.82) is 0 Å². The van der Waals surface area contributed by atoms with Crippen LogP contribution in [0.25, 0.3) is 0 Å². The van der Waals surface area contributed by atoms with Gasteiger partial charge in [-0.2, -0.15) is 0 Å². The monoisotopic (exact) mass is 290 g/mol. The van der Waals surface area contributed by atoms with Gasteiger partial charge >= 0.3 is 0 Å². The van der Waals surface area contributed by atoms with Gasteiger partial charge in [0.1, 0.15) is 0 Å². The van der Waals surface area contributed by atoms with E-state index in [1.54, 1.807) is 5.48 Å². The van der Waals surface area contributed by atoms with E-state index in [2.05, 4.69) is 22.2 Å². The number of amides is 1. The van der Waals surface area contributed by atoms with E-state index in [4.69, 9.17) is 5.21 Å². The quantitative estimate of drug-likeness (QED) is 0.587. The minimum atomic E-state index is -0.594. The molecule has 1 amide bonds. The molecule has 1 aromatic rings. The molecule has 3 N–H and O–H groups in total. The smallest absolute Gasteiger partial charge is 0.277 e.